The maximum Gasteiger partial charge on any atom is 0.108 e. The van der Waals surface area contributed by atoms with Gasteiger partial charge in [-0.05, 0) is 19.8 Å². The summed E-state index contributed by atoms with van der Waals surface area (Å²) >= 11 is 0. The van der Waals surface area contributed by atoms with Crippen molar-refractivity contribution >= 4 is 0 Å². The fourth-order valence-electron chi connectivity index (χ4n) is 1.19. The molecule has 1 N–H and O–H groups in total. The molecule has 0 aromatic carbocycles. The van der Waals surface area contributed by atoms with Gasteiger partial charge in [0.15, 0.2) is 0 Å². The highest BCUT2D eigenvalue weighted by molar-refractivity contribution is 4.90. The molecule has 3 nitrogen and oxygen atoms in total. The van der Waals surface area contributed by atoms with Crippen molar-refractivity contribution in [2.24, 2.45) is 7.05 Å². The lowest BCUT2D eigenvalue weighted by molar-refractivity contribution is 0.181. The third kappa shape index (κ3) is 2.66. The van der Waals surface area contributed by atoms with Crippen LogP contribution in [0, 0.1) is 0 Å². The summed E-state index contributed by atoms with van der Waals surface area (Å²) in [5.41, 5.74) is 0. The molecule has 1 heterocycles. The molecule has 0 radical (unpaired) electrons. The lowest BCUT2D eigenvalue weighted by Gasteiger charge is -2.03. The van der Waals surface area contributed by atoms with Crippen LogP contribution in [0.2, 0.25) is 0 Å². The van der Waals surface area contributed by atoms with Gasteiger partial charge in [0.05, 0.1) is 6.10 Å². The minimum atomic E-state index is -0.190. The van der Waals surface area contributed by atoms with Gasteiger partial charge in [-0.1, -0.05) is 0 Å². The quantitative estimate of drug-likeness (QED) is 0.731. The third-order valence-corrected chi connectivity index (χ3v) is 1.94. The molecule has 1 aromatic heterocycles. The van der Waals surface area contributed by atoms with Crippen LogP contribution in [0.5, 0.6) is 0 Å². The van der Waals surface area contributed by atoms with Crippen LogP contribution in [0.1, 0.15) is 25.6 Å². The lowest BCUT2D eigenvalue weighted by Crippen LogP contribution is -2.02. The van der Waals surface area contributed by atoms with Crippen LogP contribution < -0.4 is 0 Å². The van der Waals surface area contributed by atoms with E-state index in [0.29, 0.717) is 0 Å². The normalized spacial score (nSPS) is 13.2. The smallest absolute Gasteiger partial charge is 0.108 e. The standard InChI is InChI=1S/C9H16N2O/c1-8(12)4-3-5-9-10-6-7-11(9)2/h6-8,12H,3-5H2,1-2H3. The Balaban J connectivity index is 2.29. The number of aliphatic hydroxyl groups is 1. The van der Waals surface area contributed by atoms with Crippen molar-refractivity contribution in [3.8, 4) is 0 Å². The zero-order chi connectivity index (χ0) is 8.97. The average Bonchev–Trinajstić information content (AvgIpc) is 2.36. The first-order chi connectivity index (χ1) is 5.70. The van der Waals surface area contributed by atoms with Crippen molar-refractivity contribution in [2.45, 2.75) is 32.3 Å². The zero-order valence-corrected chi connectivity index (χ0v) is 7.70. The molecule has 0 spiro atoms. The highest BCUT2D eigenvalue weighted by Gasteiger charge is 2.00. The zero-order valence-electron chi connectivity index (χ0n) is 7.70. The van der Waals surface area contributed by atoms with Crippen LogP contribution >= 0.6 is 0 Å². The molecule has 1 unspecified atom stereocenters. The summed E-state index contributed by atoms with van der Waals surface area (Å²) in [5.74, 6) is 1.09. The summed E-state index contributed by atoms with van der Waals surface area (Å²) < 4.78 is 2.02. The van der Waals surface area contributed by atoms with E-state index in [1.54, 1.807) is 6.20 Å². The van der Waals surface area contributed by atoms with Crippen LogP contribution in [0.15, 0.2) is 12.4 Å². The first kappa shape index (κ1) is 9.26. The second kappa shape index (κ2) is 4.26. The summed E-state index contributed by atoms with van der Waals surface area (Å²) in [6.45, 7) is 1.82. The molecule has 3 heteroatoms. The summed E-state index contributed by atoms with van der Waals surface area (Å²) in [6.07, 6.45) is 6.37. The third-order valence-electron chi connectivity index (χ3n) is 1.94. The maximum absolute atomic E-state index is 9.02. The fraction of sp³-hybridized carbons (Fsp3) is 0.667. The van der Waals surface area contributed by atoms with Gasteiger partial charge in [0.25, 0.3) is 0 Å². The van der Waals surface area contributed by atoms with Gasteiger partial charge in [0.1, 0.15) is 5.82 Å². The van der Waals surface area contributed by atoms with Crippen LogP contribution in [-0.2, 0) is 13.5 Å². The van der Waals surface area contributed by atoms with Gasteiger partial charge >= 0.3 is 0 Å². The molecule has 0 amide bonds. The number of nitrogens with zero attached hydrogens (tertiary/aromatic N) is 2. The van der Waals surface area contributed by atoms with Gasteiger partial charge in [0.2, 0.25) is 0 Å². The molecule has 68 valence electrons. The lowest BCUT2D eigenvalue weighted by atomic mass is 10.2. The molecular formula is C9H16N2O. The topological polar surface area (TPSA) is 38.1 Å². The van der Waals surface area contributed by atoms with Crippen molar-refractivity contribution in [3.63, 3.8) is 0 Å². The number of aromatic nitrogens is 2. The number of aryl methyl sites for hydroxylation is 2. The van der Waals surface area contributed by atoms with Gasteiger partial charge in [0, 0.05) is 25.9 Å². The fourth-order valence-corrected chi connectivity index (χ4v) is 1.19. The van der Waals surface area contributed by atoms with Crippen molar-refractivity contribution in [1.82, 2.24) is 9.55 Å². The van der Waals surface area contributed by atoms with E-state index >= 15 is 0 Å². The van der Waals surface area contributed by atoms with Crippen LogP contribution in [0.4, 0.5) is 0 Å². The number of aliphatic hydroxyl groups excluding tert-OH is 1. The second-order valence-corrected chi connectivity index (χ2v) is 3.20. The Labute approximate surface area is 73.1 Å². The number of hydrogen-bond donors (Lipinski definition) is 1. The minimum Gasteiger partial charge on any atom is -0.393 e. The number of rotatable bonds is 4. The minimum absolute atomic E-state index is 0.190. The molecule has 0 saturated heterocycles. The largest absolute Gasteiger partial charge is 0.393 e. The van der Waals surface area contributed by atoms with E-state index < -0.39 is 0 Å². The van der Waals surface area contributed by atoms with Gasteiger partial charge in [-0.25, -0.2) is 4.98 Å². The molecule has 12 heavy (non-hydrogen) atoms. The Morgan fingerprint density at radius 3 is 2.92 bits per heavy atom. The summed E-state index contributed by atoms with van der Waals surface area (Å²) in [6, 6.07) is 0. The Morgan fingerprint density at radius 1 is 1.67 bits per heavy atom. The van der Waals surface area contributed by atoms with Crippen molar-refractivity contribution in [2.75, 3.05) is 0 Å². The van der Waals surface area contributed by atoms with Crippen molar-refractivity contribution in [1.29, 1.82) is 0 Å². The van der Waals surface area contributed by atoms with E-state index in [4.69, 9.17) is 5.11 Å². The maximum atomic E-state index is 9.02. The van der Waals surface area contributed by atoms with Gasteiger partial charge < -0.3 is 9.67 Å². The van der Waals surface area contributed by atoms with E-state index in [-0.39, 0.29) is 6.10 Å². The predicted octanol–water partition coefficient (Wildman–Crippen LogP) is 1.12. The molecule has 0 aliphatic carbocycles. The molecule has 1 atom stereocenters. The van der Waals surface area contributed by atoms with E-state index in [2.05, 4.69) is 4.98 Å². The summed E-state index contributed by atoms with van der Waals surface area (Å²) in [4.78, 5) is 4.19. The van der Waals surface area contributed by atoms with Crippen LogP contribution in [0.3, 0.4) is 0 Å². The molecule has 0 aliphatic heterocycles. The van der Waals surface area contributed by atoms with E-state index in [1.807, 2.05) is 24.7 Å². The molecule has 0 saturated carbocycles. The molecule has 0 bridgehead atoms. The SMILES string of the molecule is CC(O)CCCc1nccn1C. The number of imidazole rings is 1. The van der Waals surface area contributed by atoms with Gasteiger partial charge in [-0.2, -0.15) is 0 Å². The van der Waals surface area contributed by atoms with E-state index in [9.17, 15) is 0 Å². The Bertz CT molecular complexity index is 230. The molecule has 1 aromatic rings. The highest BCUT2D eigenvalue weighted by atomic mass is 16.3. The monoisotopic (exact) mass is 168 g/mol. The van der Waals surface area contributed by atoms with E-state index in [1.165, 1.54) is 0 Å². The summed E-state index contributed by atoms with van der Waals surface area (Å²) in [5, 5.41) is 9.02. The molecule has 0 fully saturated rings. The van der Waals surface area contributed by atoms with Crippen LogP contribution in [0.25, 0.3) is 0 Å². The first-order valence-corrected chi connectivity index (χ1v) is 4.34. The van der Waals surface area contributed by atoms with Crippen molar-refractivity contribution < 1.29 is 5.11 Å². The Hall–Kier alpha value is -0.830. The Kier molecular flexibility index (Phi) is 3.29. The van der Waals surface area contributed by atoms with Gasteiger partial charge in [-0.3, -0.25) is 0 Å². The van der Waals surface area contributed by atoms with Crippen LogP contribution in [-0.4, -0.2) is 20.8 Å². The number of hydrogen-bond acceptors (Lipinski definition) is 2. The summed E-state index contributed by atoms with van der Waals surface area (Å²) in [7, 11) is 1.99. The molecular weight excluding hydrogens is 152 g/mol. The highest BCUT2D eigenvalue weighted by Crippen LogP contribution is 2.03. The van der Waals surface area contributed by atoms with Crippen molar-refractivity contribution in [3.05, 3.63) is 18.2 Å². The molecule has 0 aliphatic rings. The van der Waals surface area contributed by atoms with E-state index in [0.717, 1.165) is 25.1 Å². The first-order valence-electron chi connectivity index (χ1n) is 4.34. The van der Waals surface area contributed by atoms with Gasteiger partial charge in [-0.15, -0.1) is 0 Å². The Morgan fingerprint density at radius 2 is 2.42 bits per heavy atom. The molecule has 1 rings (SSSR count). The predicted molar refractivity (Wildman–Crippen MR) is 47.8 cm³/mol. The average molecular weight is 168 g/mol. The second-order valence-electron chi connectivity index (χ2n) is 3.20.